The van der Waals surface area contributed by atoms with E-state index in [4.69, 9.17) is 11.6 Å². The summed E-state index contributed by atoms with van der Waals surface area (Å²) in [6.45, 7) is 0.362. The molecule has 0 saturated heterocycles. The second-order valence-electron chi connectivity index (χ2n) is 6.90. The van der Waals surface area contributed by atoms with Crippen LogP contribution in [0, 0.1) is 5.82 Å². The minimum absolute atomic E-state index is 0. The molecule has 1 aromatic carbocycles. The van der Waals surface area contributed by atoms with Gasteiger partial charge in [-0.3, -0.25) is 19.4 Å². The molecule has 0 spiro atoms. The normalized spacial score (nSPS) is 12.7. The number of hydrogen-bond donors (Lipinski definition) is 2. The number of carbonyl (C=O) groups excluding carboxylic acids is 2. The Morgan fingerprint density at radius 3 is 2.72 bits per heavy atom. The van der Waals surface area contributed by atoms with Crippen LogP contribution in [-0.2, 0) is 13.1 Å². The molecule has 3 aromatic rings. The molecule has 1 aliphatic rings. The summed E-state index contributed by atoms with van der Waals surface area (Å²) >= 11 is 5.80. The van der Waals surface area contributed by atoms with E-state index in [-0.39, 0.29) is 59.6 Å². The van der Waals surface area contributed by atoms with Crippen LogP contribution in [0.25, 0.3) is 0 Å². The fraction of sp³-hybridized carbons (Fsp3) is 0.143. The molecule has 0 atom stereocenters. The molecular formula is C21H17Cl2FN4O4. The Kier molecular flexibility index (Phi) is 6.81. The van der Waals surface area contributed by atoms with Gasteiger partial charge in [-0.15, -0.1) is 12.4 Å². The van der Waals surface area contributed by atoms with E-state index in [0.29, 0.717) is 0 Å². The van der Waals surface area contributed by atoms with E-state index in [1.807, 2.05) is 0 Å². The Hall–Kier alpha value is -3.43. The number of fused-ring (bicyclic) bond motifs is 1. The van der Waals surface area contributed by atoms with Gasteiger partial charge in [-0.2, -0.15) is 0 Å². The van der Waals surface area contributed by atoms with E-state index in [1.165, 1.54) is 46.3 Å². The molecule has 4 rings (SSSR count). The van der Waals surface area contributed by atoms with E-state index in [2.05, 4.69) is 10.3 Å². The number of hydrogen-bond acceptors (Lipinski definition) is 5. The monoisotopic (exact) mass is 478 g/mol. The lowest BCUT2D eigenvalue weighted by atomic mass is 10.1. The first-order valence-corrected chi connectivity index (χ1v) is 9.64. The number of carbonyl (C=O) groups is 2. The highest BCUT2D eigenvalue weighted by Gasteiger charge is 2.30. The third kappa shape index (κ3) is 4.30. The molecule has 11 heteroatoms. The maximum Gasteiger partial charge on any atom is 0.274 e. The number of halogens is 3. The highest BCUT2D eigenvalue weighted by atomic mass is 35.5. The highest BCUT2D eigenvalue weighted by molar-refractivity contribution is 6.30. The lowest BCUT2D eigenvalue weighted by molar-refractivity contribution is 0.0681. The van der Waals surface area contributed by atoms with E-state index in [0.717, 1.165) is 0 Å². The third-order valence-corrected chi connectivity index (χ3v) is 5.21. The largest absolute Gasteiger partial charge is 0.502 e. The molecule has 166 valence electrons. The molecular weight excluding hydrogens is 462 g/mol. The van der Waals surface area contributed by atoms with Gasteiger partial charge in [0.15, 0.2) is 11.4 Å². The van der Waals surface area contributed by atoms with Crippen molar-refractivity contribution in [1.82, 2.24) is 14.5 Å². The Morgan fingerprint density at radius 2 is 2.00 bits per heavy atom. The van der Waals surface area contributed by atoms with Crippen molar-refractivity contribution in [2.24, 2.45) is 0 Å². The van der Waals surface area contributed by atoms with Gasteiger partial charge in [0.05, 0.1) is 10.6 Å². The first kappa shape index (κ1) is 23.2. The van der Waals surface area contributed by atoms with Crippen molar-refractivity contribution in [3.05, 3.63) is 86.8 Å². The van der Waals surface area contributed by atoms with E-state index in [1.54, 1.807) is 12.1 Å². The molecule has 1 aliphatic heterocycles. The van der Waals surface area contributed by atoms with Crippen molar-refractivity contribution < 1.29 is 19.1 Å². The number of rotatable bonds is 4. The van der Waals surface area contributed by atoms with Crippen molar-refractivity contribution in [2.75, 3.05) is 11.9 Å². The van der Waals surface area contributed by atoms with Crippen LogP contribution in [0.15, 0.2) is 53.7 Å². The lowest BCUT2D eigenvalue weighted by Gasteiger charge is -2.30. The zero-order valence-electron chi connectivity index (χ0n) is 16.4. The zero-order chi connectivity index (χ0) is 22.1. The summed E-state index contributed by atoms with van der Waals surface area (Å²) in [5, 5.41) is 12.8. The van der Waals surface area contributed by atoms with Crippen molar-refractivity contribution in [3.63, 3.8) is 0 Å². The zero-order valence-corrected chi connectivity index (χ0v) is 18.0. The van der Waals surface area contributed by atoms with Crippen LogP contribution in [0.5, 0.6) is 5.75 Å². The molecule has 2 N–H and O–H groups in total. The van der Waals surface area contributed by atoms with E-state index in [9.17, 15) is 23.9 Å². The maximum absolute atomic E-state index is 14.2. The number of aromatic hydroxyl groups is 1. The van der Waals surface area contributed by atoms with Crippen LogP contribution in [0.2, 0.25) is 5.02 Å². The molecule has 32 heavy (non-hydrogen) atoms. The third-order valence-electron chi connectivity index (χ3n) is 4.92. The van der Waals surface area contributed by atoms with Crippen LogP contribution in [0.3, 0.4) is 0 Å². The summed E-state index contributed by atoms with van der Waals surface area (Å²) in [7, 11) is 0. The molecule has 0 saturated carbocycles. The van der Waals surface area contributed by atoms with Crippen LogP contribution < -0.4 is 10.7 Å². The molecule has 2 aromatic heterocycles. The fourth-order valence-electron chi connectivity index (χ4n) is 3.34. The molecule has 0 fully saturated rings. The van der Waals surface area contributed by atoms with E-state index < -0.39 is 28.8 Å². The summed E-state index contributed by atoms with van der Waals surface area (Å²) in [6.07, 6.45) is 4.14. The van der Waals surface area contributed by atoms with Gasteiger partial charge in [0, 0.05) is 43.8 Å². The van der Waals surface area contributed by atoms with Gasteiger partial charge in [0.25, 0.3) is 11.8 Å². The van der Waals surface area contributed by atoms with Gasteiger partial charge in [-0.1, -0.05) is 23.7 Å². The van der Waals surface area contributed by atoms with Crippen molar-refractivity contribution in [1.29, 1.82) is 0 Å². The SMILES string of the molecule is Cl.O=C(Nc1cn2c(c(O)c1=O)C(=O)N(Cc1cccc(Cl)c1F)CC2)c1cccnc1. The smallest absolute Gasteiger partial charge is 0.274 e. The first-order chi connectivity index (χ1) is 14.9. The molecule has 8 nitrogen and oxygen atoms in total. The second-order valence-corrected chi connectivity index (χ2v) is 7.31. The van der Waals surface area contributed by atoms with Crippen molar-refractivity contribution >= 4 is 41.5 Å². The summed E-state index contributed by atoms with van der Waals surface area (Å²) in [6, 6.07) is 7.58. The number of benzene rings is 1. The predicted octanol–water partition coefficient (Wildman–Crippen LogP) is 3.07. The average molecular weight is 479 g/mol. The number of pyridine rings is 2. The van der Waals surface area contributed by atoms with Crippen molar-refractivity contribution in [3.8, 4) is 5.75 Å². The summed E-state index contributed by atoms with van der Waals surface area (Å²) in [4.78, 5) is 43.0. The molecule has 0 aliphatic carbocycles. The Morgan fingerprint density at radius 1 is 1.22 bits per heavy atom. The first-order valence-electron chi connectivity index (χ1n) is 9.26. The van der Waals surface area contributed by atoms with E-state index >= 15 is 0 Å². The lowest BCUT2D eigenvalue weighted by Crippen LogP contribution is -2.41. The number of anilines is 1. The molecule has 3 heterocycles. The number of nitrogens with one attached hydrogen (secondary N) is 1. The topological polar surface area (TPSA) is 105 Å². The summed E-state index contributed by atoms with van der Waals surface area (Å²) < 4.78 is 15.6. The standard InChI is InChI=1S/C21H16ClFN4O4.ClH/c22-14-5-1-3-13(16(14)23)10-27-8-7-26-11-15(18(28)19(29)17(26)21(27)31)25-20(30)12-4-2-6-24-9-12;/h1-6,9,11,29H,7-8,10H2,(H,25,30);1H. The van der Waals surface area contributed by atoms with Crippen LogP contribution in [0.4, 0.5) is 10.1 Å². The van der Waals surface area contributed by atoms with Gasteiger partial charge < -0.3 is 19.9 Å². The average Bonchev–Trinajstić information content (AvgIpc) is 2.77. The molecule has 0 bridgehead atoms. The number of amides is 2. The minimum atomic E-state index is -0.896. The molecule has 0 radical (unpaired) electrons. The molecule has 2 amide bonds. The second kappa shape index (κ2) is 9.37. The van der Waals surface area contributed by atoms with Crippen molar-refractivity contribution in [2.45, 2.75) is 13.1 Å². The van der Waals surface area contributed by atoms with Crippen LogP contribution in [0.1, 0.15) is 26.4 Å². The van der Waals surface area contributed by atoms with Crippen LogP contribution in [-0.4, -0.2) is 37.9 Å². The quantitative estimate of drug-likeness (QED) is 0.599. The molecule has 0 unspecified atom stereocenters. The fourth-order valence-corrected chi connectivity index (χ4v) is 3.53. The van der Waals surface area contributed by atoms with Crippen LogP contribution >= 0.6 is 24.0 Å². The number of aromatic nitrogens is 2. The summed E-state index contributed by atoms with van der Waals surface area (Å²) in [5.41, 5.74) is -0.839. The highest BCUT2D eigenvalue weighted by Crippen LogP contribution is 2.25. The van der Waals surface area contributed by atoms with Gasteiger partial charge in [0.1, 0.15) is 11.5 Å². The Labute approximate surface area is 192 Å². The minimum Gasteiger partial charge on any atom is -0.502 e. The predicted molar refractivity (Wildman–Crippen MR) is 118 cm³/mol. The van der Waals surface area contributed by atoms with Gasteiger partial charge in [0.2, 0.25) is 5.43 Å². The maximum atomic E-state index is 14.2. The Balaban J connectivity index is 0.00000289. The van der Waals surface area contributed by atoms with Gasteiger partial charge >= 0.3 is 0 Å². The Bertz CT molecular complexity index is 1250. The van der Waals surface area contributed by atoms with Gasteiger partial charge in [-0.25, -0.2) is 4.39 Å². The number of nitrogens with zero attached hydrogens (tertiary/aromatic N) is 3. The van der Waals surface area contributed by atoms with Gasteiger partial charge in [-0.05, 0) is 18.2 Å². The summed E-state index contributed by atoms with van der Waals surface area (Å²) in [5.74, 6) is -2.63.